The molecule has 2 aliphatic carbocycles. The number of hydrogen-bond donors (Lipinski definition) is 1. The van der Waals surface area contributed by atoms with Crippen molar-refractivity contribution in [2.45, 2.75) is 63.5 Å². The van der Waals surface area contributed by atoms with Gasteiger partial charge >= 0.3 is 0 Å². The van der Waals surface area contributed by atoms with Crippen molar-refractivity contribution in [2.24, 2.45) is 0 Å². The van der Waals surface area contributed by atoms with E-state index in [1.165, 1.54) is 31.4 Å². The van der Waals surface area contributed by atoms with Crippen LogP contribution in [0.4, 0.5) is 5.69 Å². The van der Waals surface area contributed by atoms with Crippen LogP contribution in [0, 0.1) is 0 Å². The zero-order chi connectivity index (χ0) is 13.2. The van der Waals surface area contributed by atoms with Crippen LogP contribution < -0.4 is 4.90 Å². The third-order valence-corrected chi connectivity index (χ3v) is 4.95. The number of benzene rings is 1. The fraction of sp³-hybridized carbons (Fsp3) is 0.647. The summed E-state index contributed by atoms with van der Waals surface area (Å²) in [5.41, 5.74) is 4.48. The van der Waals surface area contributed by atoms with Gasteiger partial charge in [-0.2, -0.15) is 0 Å². The van der Waals surface area contributed by atoms with Gasteiger partial charge < -0.3 is 10.0 Å². The van der Waals surface area contributed by atoms with E-state index in [0.29, 0.717) is 6.04 Å². The van der Waals surface area contributed by atoms with E-state index >= 15 is 0 Å². The fourth-order valence-corrected chi connectivity index (χ4v) is 3.60. The summed E-state index contributed by atoms with van der Waals surface area (Å²) in [6.45, 7) is 0. The molecule has 0 bridgehead atoms. The summed E-state index contributed by atoms with van der Waals surface area (Å²) in [6, 6.07) is 7.62. The lowest BCUT2D eigenvalue weighted by Crippen LogP contribution is -2.36. The van der Waals surface area contributed by atoms with Gasteiger partial charge in [0.05, 0.1) is 6.10 Å². The van der Waals surface area contributed by atoms with Crippen LogP contribution in [0.25, 0.3) is 0 Å². The molecule has 0 heterocycles. The third-order valence-electron chi connectivity index (χ3n) is 4.95. The SMILES string of the molecule is CN(c1ccc2c(c1)CCCC2)C1CCC(O)CC1. The van der Waals surface area contributed by atoms with Crippen LogP contribution in [-0.2, 0) is 12.8 Å². The number of fused-ring (bicyclic) bond motifs is 1. The largest absolute Gasteiger partial charge is 0.393 e. The van der Waals surface area contributed by atoms with E-state index in [4.69, 9.17) is 0 Å². The molecule has 1 fully saturated rings. The second-order valence-electron chi connectivity index (χ2n) is 6.23. The molecule has 1 saturated carbocycles. The molecular formula is C17H25NO. The number of aliphatic hydroxyl groups is 1. The maximum Gasteiger partial charge on any atom is 0.0541 e. The Morgan fingerprint density at radius 1 is 1.00 bits per heavy atom. The lowest BCUT2D eigenvalue weighted by atomic mass is 9.89. The van der Waals surface area contributed by atoms with Crippen LogP contribution in [0.15, 0.2) is 18.2 Å². The molecule has 1 N–H and O–H groups in total. The van der Waals surface area contributed by atoms with Crippen molar-refractivity contribution in [2.75, 3.05) is 11.9 Å². The molecule has 0 aliphatic heterocycles. The average molecular weight is 259 g/mol. The Labute approximate surface area is 116 Å². The summed E-state index contributed by atoms with van der Waals surface area (Å²) in [6.07, 6.45) is 9.30. The van der Waals surface area contributed by atoms with Gasteiger partial charge in [0.15, 0.2) is 0 Å². The van der Waals surface area contributed by atoms with Crippen molar-refractivity contribution in [3.8, 4) is 0 Å². The molecule has 0 amide bonds. The molecule has 104 valence electrons. The Morgan fingerprint density at radius 3 is 2.42 bits per heavy atom. The molecule has 1 aromatic rings. The first kappa shape index (κ1) is 13.0. The lowest BCUT2D eigenvalue weighted by molar-refractivity contribution is 0.122. The van der Waals surface area contributed by atoms with Crippen molar-refractivity contribution in [1.29, 1.82) is 0 Å². The highest BCUT2D eigenvalue weighted by Gasteiger charge is 2.23. The zero-order valence-corrected chi connectivity index (χ0v) is 11.9. The predicted octanol–water partition coefficient (Wildman–Crippen LogP) is 3.31. The summed E-state index contributed by atoms with van der Waals surface area (Å²) < 4.78 is 0. The molecule has 0 spiro atoms. The molecule has 19 heavy (non-hydrogen) atoms. The number of hydrogen-bond acceptors (Lipinski definition) is 2. The minimum absolute atomic E-state index is 0.0619. The van der Waals surface area contributed by atoms with Crippen LogP contribution in [0.1, 0.15) is 49.7 Å². The van der Waals surface area contributed by atoms with Gasteiger partial charge in [-0.05, 0) is 74.6 Å². The van der Waals surface area contributed by atoms with Gasteiger partial charge in [0.1, 0.15) is 0 Å². The predicted molar refractivity (Wildman–Crippen MR) is 79.7 cm³/mol. The smallest absolute Gasteiger partial charge is 0.0541 e. The van der Waals surface area contributed by atoms with Crippen molar-refractivity contribution in [3.05, 3.63) is 29.3 Å². The first-order chi connectivity index (χ1) is 9.24. The summed E-state index contributed by atoms with van der Waals surface area (Å²) in [4.78, 5) is 2.43. The second-order valence-corrected chi connectivity index (χ2v) is 6.23. The van der Waals surface area contributed by atoms with Crippen molar-refractivity contribution >= 4 is 5.69 Å². The highest BCUT2D eigenvalue weighted by molar-refractivity contribution is 5.52. The minimum atomic E-state index is -0.0619. The van der Waals surface area contributed by atoms with Crippen LogP contribution in [-0.4, -0.2) is 24.3 Å². The molecule has 2 aliphatic rings. The second kappa shape index (κ2) is 5.54. The maximum atomic E-state index is 9.62. The van der Waals surface area contributed by atoms with Crippen LogP contribution >= 0.6 is 0 Å². The van der Waals surface area contributed by atoms with E-state index < -0.39 is 0 Å². The van der Waals surface area contributed by atoms with Gasteiger partial charge in [-0.3, -0.25) is 0 Å². The molecule has 0 aromatic heterocycles. The molecule has 0 unspecified atom stereocenters. The number of rotatable bonds is 2. The van der Waals surface area contributed by atoms with Gasteiger partial charge in [-0.15, -0.1) is 0 Å². The van der Waals surface area contributed by atoms with E-state index in [1.54, 1.807) is 11.1 Å². The molecule has 0 radical (unpaired) electrons. The monoisotopic (exact) mass is 259 g/mol. The zero-order valence-electron chi connectivity index (χ0n) is 11.9. The summed E-state index contributed by atoms with van der Waals surface area (Å²) in [5, 5.41) is 9.62. The van der Waals surface area contributed by atoms with E-state index in [1.807, 2.05) is 0 Å². The van der Waals surface area contributed by atoms with E-state index in [2.05, 4.69) is 30.1 Å². The van der Waals surface area contributed by atoms with Gasteiger partial charge in [0, 0.05) is 18.8 Å². The molecule has 2 nitrogen and oxygen atoms in total. The normalized spacial score (nSPS) is 26.8. The lowest BCUT2D eigenvalue weighted by Gasteiger charge is -2.35. The molecule has 2 heteroatoms. The quantitative estimate of drug-likeness (QED) is 0.881. The molecule has 0 saturated heterocycles. The number of aryl methyl sites for hydroxylation is 2. The third kappa shape index (κ3) is 2.79. The number of aliphatic hydroxyl groups excluding tert-OH is 1. The van der Waals surface area contributed by atoms with Gasteiger partial charge in [-0.1, -0.05) is 6.07 Å². The Kier molecular flexibility index (Phi) is 3.79. The van der Waals surface area contributed by atoms with Gasteiger partial charge in [0.25, 0.3) is 0 Å². The van der Waals surface area contributed by atoms with Crippen molar-refractivity contribution in [1.82, 2.24) is 0 Å². The van der Waals surface area contributed by atoms with E-state index in [9.17, 15) is 5.11 Å². The number of anilines is 1. The Bertz CT molecular complexity index is 435. The number of nitrogens with zero attached hydrogens (tertiary/aromatic N) is 1. The molecule has 1 aromatic carbocycles. The maximum absolute atomic E-state index is 9.62. The van der Waals surface area contributed by atoms with E-state index in [0.717, 1.165) is 25.7 Å². The standard InChI is InChI=1S/C17H25NO/c1-18(15-8-10-17(19)11-9-15)16-7-6-13-4-2-3-5-14(13)12-16/h6-7,12,15,17,19H,2-5,8-11H2,1H3. The van der Waals surface area contributed by atoms with Crippen molar-refractivity contribution in [3.63, 3.8) is 0 Å². The Balaban J connectivity index is 1.74. The first-order valence-electron chi connectivity index (χ1n) is 7.77. The van der Waals surface area contributed by atoms with Crippen LogP contribution in [0.2, 0.25) is 0 Å². The first-order valence-corrected chi connectivity index (χ1v) is 7.77. The molecular weight excluding hydrogens is 234 g/mol. The summed E-state index contributed by atoms with van der Waals surface area (Å²) >= 11 is 0. The topological polar surface area (TPSA) is 23.5 Å². The highest BCUT2D eigenvalue weighted by atomic mass is 16.3. The van der Waals surface area contributed by atoms with Crippen molar-refractivity contribution < 1.29 is 5.11 Å². The van der Waals surface area contributed by atoms with Crippen LogP contribution in [0.5, 0.6) is 0 Å². The fourth-order valence-electron chi connectivity index (χ4n) is 3.60. The highest BCUT2D eigenvalue weighted by Crippen LogP contribution is 2.30. The minimum Gasteiger partial charge on any atom is -0.393 e. The van der Waals surface area contributed by atoms with Gasteiger partial charge in [-0.25, -0.2) is 0 Å². The molecule has 0 atom stereocenters. The Morgan fingerprint density at radius 2 is 1.68 bits per heavy atom. The summed E-state index contributed by atoms with van der Waals surface area (Å²) in [7, 11) is 2.22. The van der Waals surface area contributed by atoms with Crippen LogP contribution in [0.3, 0.4) is 0 Å². The summed E-state index contributed by atoms with van der Waals surface area (Å²) in [5.74, 6) is 0. The van der Waals surface area contributed by atoms with E-state index in [-0.39, 0.29) is 6.10 Å². The Hall–Kier alpha value is -1.02. The van der Waals surface area contributed by atoms with Gasteiger partial charge in [0.2, 0.25) is 0 Å². The molecule has 3 rings (SSSR count). The average Bonchev–Trinajstić information content (AvgIpc) is 2.47.